The van der Waals surface area contributed by atoms with Gasteiger partial charge in [0.2, 0.25) is 0 Å². The van der Waals surface area contributed by atoms with Crippen molar-refractivity contribution >= 4 is 0 Å². The highest BCUT2D eigenvalue weighted by Crippen LogP contribution is 2.84. The number of nitrogens with zero attached hydrogens (tertiary/aromatic N) is 4. The predicted octanol–water partition coefficient (Wildman–Crippen LogP) is 8.49. The Morgan fingerprint density at radius 1 is 0.571 bits per heavy atom. The molecule has 1 heterocycles. The molecule has 0 amide bonds. The minimum atomic E-state index is 0.202. The summed E-state index contributed by atoms with van der Waals surface area (Å²) in [4.78, 5) is 15.0. The van der Waals surface area contributed by atoms with Gasteiger partial charge in [0.05, 0.1) is 11.6 Å². The molecule has 4 aliphatic carbocycles. The summed E-state index contributed by atoms with van der Waals surface area (Å²) < 4.78 is 0. The van der Waals surface area contributed by atoms with E-state index in [9.17, 15) is 5.26 Å². The Morgan fingerprint density at radius 3 is 1.67 bits per heavy atom. The van der Waals surface area contributed by atoms with Gasteiger partial charge < -0.3 is 0 Å². The fourth-order valence-electron chi connectivity index (χ4n) is 9.33. The zero-order valence-corrected chi connectivity index (χ0v) is 23.4. The summed E-state index contributed by atoms with van der Waals surface area (Å²) in [7, 11) is 0. The van der Waals surface area contributed by atoms with Crippen LogP contribution in [0.25, 0.3) is 45.3 Å². The van der Waals surface area contributed by atoms with E-state index >= 15 is 0 Å². The summed E-state index contributed by atoms with van der Waals surface area (Å²) in [5.41, 5.74) is 7.97. The molecule has 4 fully saturated rings. The standard InChI is InChI=1S/C38H30N4/c39-22-24-15-29(17-30(16-24)37-20-32-18-31-19-33(21-37)38(31,32)23-37)36-41-34(27-9-5-2-6-10-27)40-35(42-36)28-13-11-26(12-14-28)25-7-3-1-4-8-25/h1-17,31-33H,18-21,23H2/t31?,32-,33+,37?,38+. The Bertz CT molecular complexity index is 1870. The van der Waals surface area contributed by atoms with Crippen LogP contribution in [0.1, 0.15) is 43.2 Å². The molecule has 0 N–H and O–H groups in total. The Hall–Kier alpha value is -4.62. The highest BCUT2D eigenvalue weighted by Gasteiger charge is 2.77. The number of nitriles is 1. The zero-order chi connectivity index (χ0) is 27.9. The lowest BCUT2D eigenvalue weighted by Gasteiger charge is -2.66. The van der Waals surface area contributed by atoms with E-state index in [1.807, 2.05) is 42.5 Å². The number of rotatable bonds is 5. The quantitative estimate of drug-likeness (QED) is 0.223. The zero-order valence-electron chi connectivity index (χ0n) is 23.4. The first kappa shape index (κ1) is 24.0. The lowest BCUT2D eigenvalue weighted by Crippen LogP contribution is -2.59. The van der Waals surface area contributed by atoms with Gasteiger partial charge in [-0.1, -0.05) is 84.9 Å². The van der Waals surface area contributed by atoms with Crippen LogP contribution in [-0.2, 0) is 5.41 Å². The van der Waals surface area contributed by atoms with Gasteiger partial charge in [-0.15, -0.1) is 0 Å². The van der Waals surface area contributed by atoms with E-state index in [0.717, 1.165) is 40.0 Å². The molecule has 2 unspecified atom stereocenters. The van der Waals surface area contributed by atoms with Crippen LogP contribution in [0.15, 0.2) is 103 Å². The molecule has 202 valence electrons. The normalized spacial score (nSPS) is 27.9. The van der Waals surface area contributed by atoms with E-state index in [4.69, 9.17) is 15.0 Å². The summed E-state index contributed by atoms with van der Waals surface area (Å²) >= 11 is 0. The smallest absolute Gasteiger partial charge is 0.164 e. The second kappa shape index (κ2) is 8.69. The molecule has 2 bridgehead atoms. The molecule has 5 atom stereocenters. The van der Waals surface area contributed by atoms with Crippen molar-refractivity contribution in [2.45, 2.75) is 37.5 Å². The van der Waals surface area contributed by atoms with Crippen LogP contribution in [-0.4, -0.2) is 15.0 Å². The van der Waals surface area contributed by atoms with E-state index in [1.54, 1.807) is 0 Å². The Balaban J connectivity index is 1.16. The van der Waals surface area contributed by atoms with Crippen molar-refractivity contribution in [3.8, 4) is 51.4 Å². The third-order valence-electron chi connectivity index (χ3n) is 11.2. The number of hydrogen-bond donors (Lipinski definition) is 0. The van der Waals surface area contributed by atoms with Gasteiger partial charge in [-0.3, -0.25) is 0 Å². The van der Waals surface area contributed by atoms with Crippen molar-refractivity contribution in [2.75, 3.05) is 0 Å². The SMILES string of the molecule is N#Cc1cc(-c2nc(-c3ccccc3)nc(-c3ccc(-c4ccccc4)cc3)n2)cc(C23C[C@H]4CC5C[C@@H](C2)[C@@]54C3)c1. The summed E-state index contributed by atoms with van der Waals surface area (Å²) in [5, 5.41) is 10.1. The molecular weight excluding hydrogens is 512 g/mol. The van der Waals surface area contributed by atoms with Crippen LogP contribution in [0.3, 0.4) is 0 Å². The van der Waals surface area contributed by atoms with Crippen LogP contribution in [0.4, 0.5) is 0 Å². The lowest BCUT2D eigenvalue weighted by atomic mass is 9.38. The van der Waals surface area contributed by atoms with E-state index in [1.165, 1.54) is 43.2 Å². The third-order valence-corrected chi connectivity index (χ3v) is 11.2. The second-order valence-corrected chi connectivity index (χ2v) is 13.1. The van der Waals surface area contributed by atoms with Crippen molar-refractivity contribution in [2.24, 2.45) is 23.2 Å². The van der Waals surface area contributed by atoms with Gasteiger partial charge in [-0.25, -0.2) is 15.0 Å². The van der Waals surface area contributed by atoms with Crippen LogP contribution in [0.2, 0.25) is 0 Å². The molecule has 0 saturated heterocycles. The first-order chi connectivity index (χ1) is 20.6. The maximum absolute atomic E-state index is 10.1. The number of benzene rings is 4. The average molecular weight is 543 g/mol. The predicted molar refractivity (Wildman–Crippen MR) is 164 cm³/mol. The highest BCUT2D eigenvalue weighted by molar-refractivity contribution is 5.71. The van der Waals surface area contributed by atoms with E-state index in [0.29, 0.717) is 28.5 Å². The van der Waals surface area contributed by atoms with Crippen LogP contribution < -0.4 is 0 Å². The maximum Gasteiger partial charge on any atom is 0.164 e. The maximum atomic E-state index is 10.1. The minimum Gasteiger partial charge on any atom is -0.208 e. The molecule has 42 heavy (non-hydrogen) atoms. The van der Waals surface area contributed by atoms with Crippen LogP contribution in [0, 0.1) is 34.5 Å². The molecule has 1 spiro atoms. The molecule has 9 rings (SSSR count). The lowest BCUT2D eigenvalue weighted by molar-refractivity contribution is -0.175. The molecule has 4 saturated carbocycles. The Kier molecular flexibility index (Phi) is 4.97. The highest BCUT2D eigenvalue weighted by atomic mass is 15.0. The minimum absolute atomic E-state index is 0.202. The van der Waals surface area contributed by atoms with Gasteiger partial charge in [-0.05, 0) is 95.6 Å². The number of hydrogen-bond acceptors (Lipinski definition) is 4. The van der Waals surface area contributed by atoms with Crippen molar-refractivity contribution in [1.29, 1.82) is 5.26 Å². The van der Waals surface area contributed by atoms with Gasteiger partial charge in [-0.2, -0.15) is 5.26 Å². The first-order valence-electron chi connectivity index (χ1n) is 15.2. The van der Waals surface area contributed by atoms with Crippen molar-refractivity contribution in [3.05, 3.63) is 114 Å². The number of aromatic nitrogens is 3. The average Bonchev–Trinajstić information content (AvgIpc) is 3.55. The van der Waals surface area contributed by atoms with Crippen LogP contribution >= 0.6 is 0 Å². The van der Waals surface area contributed by atoms with Crippen molar-refractivity contribution in [1.82, 2.24) is 15.0 Å². The molecule has 5 aromatic rings. The van der Waals surface area contributed by atoms with Gasteiger partial charge in [0.1, 0.15) is 0 Å². The molecule has 4 nitrogen and oxygen atoms in total. The summed E-state index contributed by atoms with van der Waals surface area (Å²) in [5.74, 6) is 4.64. The third kappa shape index (κ3) is 3.37. The molecule has 0 radical (unpaired) electrons. The van der Waals surface area contributed by atoms with Crippen LogP contribution in [0.5, 0.6) is 0 Å². The fraction of sp³-hybridized carbons (Fsp3) is 0.263. The molecule has 1 aromatic heterocycles. The van der Waals surface area contributed by atoms with Crippen molar-refractivity contribution in [3.63, 3.8) is 0 Å². The molecular formula is C38H30N4. The molecule has 4 aliphatic rings. The van der Waals surface area contributed by atoms with Gasteiger partial charge in [0.15, 0.2) is 17.5 Å². The second-order valence-electron chi connectivity index (χ2n) is 13.1. The topological polar surface area (TPSA) is 62.5 Å². The molecule has 0 aliphatic heterocycles. The van der Waals surface area contributed by atoms with E-state index < -0.39 is 0 Å². The van der Waals surface area contributed by atoms with E-state index in [2.05, 4.69) is 66.7 Å². The van der Waals surface area contributed by atoms with Crippen molar-refractivity contribution < 1.29 is 0 Å². The Labute approximate surface area is 246 Å². The summed E-state index contributed by atoms with van der Waals surface area (Å²) in [6.07, 6.45) is 6.70. The van der Waals surface area contributed by atoms with E-state index in [-0.39, 0.29) is 5.41 Å². The van der Waals surface area contributed by atoms with Gasteiger partial charge >= 0.3 is 0 Å². The fourth-order valence-corrected chi connectivity index (χ4v) is 9.33. The summed E-state index contributed by atoms with van der Waals surface area (Å²) in [6.45, 7) is 0. The molecule has 4 heteroatoms. The largest absolute Gasteiger partial charge is 0.208 e. The number of fused-ring (bicyclic) bond motifs is 1. The monoisotopic (exact) mass is 542 g/mol. The van der Waals surface area contributed by atoms with Gasteiger partial charge in [0, 0.05) is 16.7 Å². The molecule has 4 aromatic carbocycles. The Morgan fingerprint density at radius 2 is 1.10 bits per heavy atom. The van der Waals surface area contributed by atoms with Gasteiger partial charge in [0.25, 0.3) is 0 Å². The first-order valence-corrected chi connectivity index (χ1v) is 15.2. The summed E-state index contributed by atoms with van der Waals surface area (Å²) in [6, 6.07) is 37.8.